The number of nitrogens with one attached hydrogen (secondary N) is 4. The third kappa shape index (κ3) is 6.06. The molecule has 0 aliphatic carbocycles. The van der Waals surface area contributed by atoms with Crippen molar-refractivity contribution in [1.29, 1.82) is 0 Å². The van der Waals surface area contributed by atoms with E-state index in [4.69, 9.17) is 0 Å². The number of sulfonamides is 1. The van der Waals surface area contributed by atoms with Crippen LogP contribution in [0.3, 0.4) is 0 Å². The summed E-state index contributed by atoms with van der Waals surface area (Å²) < 4.78 is 28.0. The third-order valence-corrected chi connectivity index (χ3v) is 6.60. The van der Waals surface area contributed by atoms with Crippen molar-refractivity contribution in [3.63, 3.8) is 0 Å². The number of benzene rings is 1. The summed E-state index contributed by atoms with van der Waals surface area (Å²) in [6.07, 6.45) is 4.11. The van der Waals surface area contributed by atoms with E-state index in [1.165, 1.54) is 23.9 Å². The van der Waals surface area contributed by atoms with Gasteiger partial charge in [-0.25, -0.2) is 18.1 Å². The van der Waals surface area contributed by atoms with Gasteiger partial charge in [0.05, 0.1) is 22.0 Å². The molecular formula is C17H21BrN8O3S2. The zero-order valence-corrected chi connectivity index (χ0v) is 19.8. The first-order valence-electron chi connectivity index (χ1n) is 9.10. The largest absolute Gasteiger partial charge is 0.394 e. The summed E-state index contributed by atoms with van der Waals surface area (Å²) in [6, 6.07) is 5.96. The minimum atomic E-state index is -3.83. The van der Waals surface area contributed by atoms with E-state index in [9.17, 15) is 13.5 Å². The van der Waals surface area contributed by atoms with E-state index in [1.807, 2.05) is 6.92 Å². The molecule has 0 bridgehead atoms. The van der Waals surface area contributed by atoms with Crippen LogP contribution in [0.25, 0.3) is 0 Å². The summed E-state index contributed by atoms with van der Waals surface area (Å²) >= 11 is 4.70. The zero-order chi connectivity index (χ0) is 22.4. The number of hydrogen-bond donors (Lipinski definition) is 5. The van der Waals surface area contributed by atoms with Gasteiger partial charge < -0.3 is 15.7 Å². The number of H-pyrrole nitrogens is 1. The highest BCUT2D eigenvalue weighted by atomic mass is 79.9. The molecule has 1 atom stereocenters. The van der Waals surface area contributed by atoms with Gasteiger partial charge in [-0.1, -0.05) is 18.7 Å². The standard InChI is InChI=1S/C17H21BrN8O3S2/c1-3-10(9-27)20-14-13(18)8-19-15(22-14)21-11-4-6-12(7-5-11)31(28,29)26-16-23-17(30-2)25-24-16/h4-8,10,27H,3,9H2,1-2H3,(H2,19,20,21,22)(H2,23,24,25,26)/t10-/m1/s1. The fraction of sp³-hybridized carbons (Fsp3) is 0.294. The maximum absolute atomic E-state index is 12.5. The van der Waals surface area contributed by atoms with Crippen LogP contribution in [0.15, 0.2) is 45.0 Å². The van der Waals surface area contributed by atoms with Crippen molar-refractivity contribution in [2.75, 3.05) is 28.2 Å². The van der Waals surface area contributed by atoms with E-state index in [1.54, 1.807) is 24.6 Å². The number of thioether (sulfide) groups is 1. The molecule has 0 saturated carbocycles. The molecule has 0 radical (unpaired) electrons. The molecule has 0 aliphatic rings. The van der Waals surface area contributed by atoms with Gasteiger partial charge in [0, 0.05) is 11.9 Å². The second-order valence-electron chi connectivity index (χ2n) is 6.25. The molecule has 0 unspecified atom stereocenters. The summed E-state index contributed by atoms with van der Waals surface area (Å²) in [5.74, 6) is 0.832. The van der Waals surface area contributed by atoms with Gasteiger partial charge >= 0.3 is 0 Å². The van der Waals surface area contributed by atoms with Crippen molar-refractivity contribution in [2.45, 2.75) is 29.4 Å². The highest BCUT2D eigenvalue weighted by Crippen LogP contribution is 2.24. The van der Waals surface area contributed by atoms with Crippen molar-refractivity contribution >= 4 is 61.1 Å². The lowest BCUT2D eigenvalue weighted by Crippen LogP contribution is -2.23. The zero-order valence-electron chi connectivity index (χ0n) is 16.6. The molecule has 0 fully saturated rings. The Morgan fingerprint density at radius 2 is 1.97 bits per heavy atom. The van der Waals surface area contributed by atoms with Gasteiger partial charge in [0.15, 0.2) is 5.16 Å². The SMILES string of the molecule is CC[C@H](CO)Nc1nc(Nc2ccc(S(=O)(=O)Nc3n[nH]c(SC)n3)cc2)ncc1Br. The van der Waals surface area contributed by atoms with Crippen molar-refractivity contribution in [2.24, 2.45) is 0 Å². The molecule has 3 rings (SSSR count). The Morgan fingerprint density at radius 3 is 2.58 bits per heavy atom. The van der Waals surface area contributed by atoms with Crippen LogP contribution in [0.2, 0.25) is 0 Å². The number of aliphatic hydroxyl groups is 1. The number of halogens is 1. The fourth-order valence-corrected chi connectivity index (χ4v) is 3.97. The normalized spacial score (nSPS) is 12.4. The average Bonchev–Trinajstić information content (AvgIpc) is 3.21. The van der Waals surface area contributed by atoms with E-state index < -0.39 is 10.0 Å². The number of hydrogen-bond acceptors (Lipinski definition) is 10. The van der Waals surface area contributed by atoms with E-state index in [-0.39, 0.29) is 23.5 Å². The number of anilines is 4. The van der Waals surface area contributed by atoms with E-state index in [0.29, 0.717) is 27.1 Å². The Kier molecular flexibility index (Phi) is 7.69. The second-order valence-corrected chi connectivity index (χ2v) is 9.58. The van der Waals surface area contributed by atoms with Crippen LogP contribution in [-0.2, 0) is 10.0 Å². The highest BCUT2D eigenvalue weighted by Gasteiger charge is 2.17. The summed E-state index contributed by atoms with van der Waals surface area (Å²) in [5, 5.41) is 22.5. The third-order valence-electron chi connectivity index (χ3n) is 4.10. The van der Waals surface area contributed by atoms with Crippen molar-refractivity contribution < 1.29 is 13.5 Å². The van der Waals surface area contributed by atoms with Crippen molar-refractivity contribution in [3.05, 3.63) is 34.9 Å². The Labute approximate surface area is 192 Å². The lowest BCUT2D eigenvalue weighted by molar-refractivity contribution is 0.271. The first-order chi connectivity index (χ1) is 14.8. The first-order valence-corrected chi connectivity index (χ1v) is 12.6. The van der Waals surface area contributed by atoms with E-state index in [2.05, 4.69) is 56.4 Å². The van der Waals surface area contributed by atoms with Crippen molar-refractivity contribution in [1.82, 2.24) is 25.1 Å². The van der Waals surface area contributed by atoms with Crippen LogP contribution < -0.4 is 15.4 Å². The molecule has 2 heterocycles. The van der Waals surface area contributed by atoms with Crippen LogP contribution in [-0.4, -0.2) is 57.6 Å². The first kappa shape index (κ1) is 23.2. The quantitative estimate of drug-likeness (QED) is 0.247. The van der Waals surface area contributed by atoms with Crippen LogP contribution >= 0.6 is 27.7 Å². The lowest BCUT2D eigenvalue weighted by atomic mass is 10.2. The van der Waals surface area contributed by atoms with Crippen LogP contribution in [0, 0.1) is 0 Å². The summed E-state index contributed by atoms with van der Waals surface area (Å²) in [6.45, 7) is 1.93. The van der Waals surface area contributed by atoms with Gasteiger partial charge in [-0.15, -0.1) is 5.10 Å². The number of aliphatic hydroxyl groups excluding tert-OH is 1. The van der Waals surface area contributed by atoms with E-state index >= 15 is 0 Å². The van der Waals surface area contributed by atoms with Crippen molar-refractivity contribution in [3.8, 4) is 0 Å². The molecule has 0 spiro atoms. The van der Waals surface area contributed by atoms with Gasteiger partial charge in [0.2, 0.25) is 5.95 Å². The Hall–Kier alpha value is -2.42. The molecule has 2 aromatic heterocycles. The molecular weight excluding hydrogens is 508 g/mol. The molecule has 1 aromatic carbocycles. The number of aromatic nitrogens is 5. The molecule has 31 heavy (non-hydrogen) atoms. The molecule has 3 aromatic rings. The summed E-state index contributed by atoms with van der Waals surface area (Å²) in [7, 11) is -3.83. The van der Waals surface area contributed by atoms with Gasteiger partial charge in [-0.3, -0.25) is 5.10 Å². The fourth-order valence-electron chi connectivity index (χ4n) is 2.41. The minimum absolute atomic E-state index is 0.0218. The highest BCUT2D eigenvalue weighted by molar-refractivity contribution is 9.10. The van der Waals surface area contributed by atoms with Gasteiger partial charge in [0.25, 0.3) is 16.0 Å². The van der Waals surface area contributed by atoms with Gasteiger partial charge in [-0.05, 0) is 52.9 Å². The van der Waals surface area contributed by atoms with E-state index in [0.717, 1.165) is 6.42 Å². The Bertz CT molecular complexity index is 1120. The Balaban J connectivity index is 1.71. The second kappa shape index (κ2) is 10.3. The monoisotopic (exact) mass is 528 g/mol. The van der Waals surface area contributed by atoms with Crippen LogP contribution in [0.1, 0.15) is 13.3 Å². The van der Waals surface area contributed by atoms with Gasteiger partial charge in [0.1, 0.15) is 5.82 Å². The van der Waals surface area contributed by atoms with Crippen LogP contribution in [0.5, 0.6) is 0 Å². The predicted octanol–water partition coefficient (Wildman–Crippen LogP) is 2.81. The molecule has 0 amide bonds. The predicted molar refractivity (Wildman–Crippen MR) is 123 cm³/mol. The lowest BCUT2D eigenvalue weighted by Gasteiger charge is -2.16. The maximum Gasteiger partial charge on any atom is 0.264 e. The minimum Gasteiger partial charge on any atom is -0.394 e. The maximum atomic E-state index is 12.5. The molecule has 0 aliphatic heterocycles. The smallest absolute Gasteiger partial charge is 0.264 e. The molecule has 166 valence electrons. The van der Waals surface area contributed by atoms with Gasteiger partial charge in [-0.2, -0.15) is 9.97 Å². The molecule has 0 saturated heterocycles. The number of nitrogens with zero attached hydrogens (tertiary/aromatic N) is 4. The molecule has 11 nitrogen and oxygen atoms in total. The number of rotatable bonds is 10. The number of aromatic amines is 1. The molecule has 14 heteroatoms. The topological polar surface area (TPSA) is 158 Å². The van der Waals surface area contributed by atoms with Crippen LogP contribution in [0.4, 0.5) is 23.4 Å². The average molecular weight is 529 g/mol. The summed E-state index contributed by atoms with van der Waals surface area (Å²) in [4.78, 5) is 12.7. The Morgan fingerprint density at radius 1 is 1.23 bits per heavy atom. The summed E-state index contributed by atoms with van der Waals surface area (Å²) in [5.41, 5.74) is 0.601. The molecule has 5 N–H and O–H groups in total.